The summed E-state index contributed by atoms with van der Waals surface area (Å²) in [4.78, 5) is 12.5. The Morgan fingerprint density at radius 2 is 1.50 bits per heavy atom. The molecule has 0 radical (unpaired) electrons. The molecule has 0 aliphatic heterocycles. The highest BCUT2D eigenvalue weighted by molar-refractivity contribution is 6.13. The van der Waals surface area contributed by atoms with E-state index in [1.54, 1.807) is 12.1 Å². The van der Waals surface area contributed by atoms with E-state index in [0.29, 0.717) is 28.7 Å². The summed E-state index contributed by atoms with van der Waals surface area (Å²) >= 11 is 0. The second kappa shape index (κ2) is 4.43. The molecule has 0 fully saturated rings. The van der Waals surface area contributed by atoms with Crippen molar-refractivity contribution in [1.82, 2.24) is 0 Å². The van der Waals surface area contributed by atoms with Gasteiger partial charge in [0.2, 0.25) is 0 Å². The van der Waals surface area contributed by atoms with Crippen LogP contribution >= 0.6 is 0 Å². The Hall–Kier alpha value is -2.19. The number of hydrogen-bond acceptors (Lipinski definition) is 2. The molecule has 1 N–H and O–H groups in total. The molecule has 2 nitrogen and oxygen atoms in total. The summed E-state index contributed by atoms with van der Waals surface area (Å²) in [6.07, 6.45) is 0.411. The first kappa shape index (κ1) is 12.8. The van der Waals surface area contributed by atoms with Crippen molar-refractivity contribution in [3.63, 3.8) is 0 Å². The van der Waals surface area contributed by atoms with E-state index in [0.717, 1.165) is 5.57 Å². The first-order valence-corrected chi connectivity index (χ1v) is 6.64. The van der Waals surface area contributed by atoms with Gasteiger partial charge >= 0.3 is 0 Å². The predicted octanol–water partition coefficient (Wildman–Crippen LogP) is 3.43. The first-order chi connectivity index (χ1) is 9.54. The fourth-order valence-corrected chi connectivity index (χ4v) is 3.00. The minimum Gasteiger partial charge on any atom is -0.380 e. The van der Waals surface area contributed by atoms with Crippen LogP contribution in [0.5, 0.6) is 0 Å². The van der Waals surface area contributed by atoms with Gasteiger partial charge in [-0.3, -0.25) is 4.79 Å². The Bertz CT molecular complexity index is 663. The number of benzene rings is 2. The van der Waals surface area contributed by atoms with E-state index in [-0.39, 0.29) is 5.78 Å². The average Bonchev–Trinajstić information content (AvgIpc) is 2.45. The quantitative estimate of drug-likeness (QED) is 0.844. The largest absolute Gasteiger partial charge is 0.380 e. The molecule has 2 aromatic carbocycles. The highest BCUT2D eigenvalue weighted by Gasteiger charge is 2.41. The molecule has 1 aliphatic rings. The van der Waals surface area contributed by atoms with Crippen LogP contribution in [-0.4, -0.2) is 10.9 Å². The van der Waals surface area contributed by atoms with Crippen LogP contribution in [0, 0.1) is 0 Å². The summed E-state index contributed by atoms with van der Waals surface area (Å²) in [5.41, 5.74) is 2.21. The van der Waals surface area contributed by atoms with E-state index in [4.69, 9.17) is 0 Å². The summed E-state index contributed by atoms with van der Waals surface area (Å²) < 4.78 is 0. The highest BCUT2D eigenvalue weighted by Crippen LogP contribution is 2.43. The summed E-state index contributed by atoms with van der Waals surface area (Å²) in [6, 6.07) is 14.6. The van der Waals surface area contributed by atoms with Gasteiger partial charge in [0.15, 0.2) is 5.78 Å². The number of rotatable bonds is 2. The Kier molecular flexibility index (Phi) is 2.84. The number of aliphatic hydroxyl groups is 1. The van der Waals surface area contributed by atoms with Gasteiger partial charge in [0, 0.05) is 17.5 Å². The lowest BCUT2D eigenvalue weighted by atomic mass is 9.72. The lowest BCUT2D eigenvalue weighted by Gasteiger charge is -2.36. The van der Waals surface area contributed by atoms with Gasteiger partial charge in [-0.05, 0) is 18.1 Å². The van der Waals surface area contributed by atoms with E-state index in [1.807, 2.05) is 43.3 Å². The third-order valence-electron chi connectivity index (χ3n) is 3.79. The zero-order valence-electron chi connectivity index (χ0n) is 11.4. The standard InChI is InChI=1S/C18H16O2/c1-12(2)11-18(20)15-9-5-3-7-13(15)17(19)14-8-4-6-10-16(14)18/h3-10,20H,1,11H2,2H3. The van der Waals surface area contributed by atoms with Crippen molar-refractivity contribution in [2.45, 2.75) is 18.9 Å². The Morgan fingerprint density at radius 3 is 1.95 bits per heavy atom. The molecule has 3 rings (SSSR count). The van der Waals surface area contributed by atoms with Gasteiger partial charge in [-0.25, -0.2) is 0 Å². The molecule has 0 spiro atoms. The van der Waals surface area contributed by atoms with Gasteiger partial charge in [-0.2, -0.15) is 0 Å². The number of fused-ring (bicyclic) bond motifs is 2. The summed E-state index contributed by atoms with van der Waals surface area (Å²) in [5, 5.41) is 11.3. The topological polar surface area (TPSA) is 37.3 Å². The van der Waals surface area contributed by atoms with Crippen molar-refractivity contribution >= 4 is 5.78 Å². The molecule has 0 saturated carbocycles. The normalized spacial score (nSPS) is 15.4. The van der Waals surface area contributed by atoms with Crippen molar-refractivity contribution < 1.29 is 9.90 Å². The fourth-order valence-electron chi connectivity index (χ4n) is 3.00. The van der Waals surface area contributed by atoms with Gasteiger partial charge in [0.25, 0.3) is 0 Å². The molecule has 0 bridgehead atoms. The number of hydrogen-bond donors (Lipinski definition) is 1. The second-order valence-corrected chi connectivity index (χ2v) is 5.41. The van der Waals surface area contributed by atoms with Gasteiger partial charge < -0.3 is 5.11 Å². The summed E-state index contributed by atoms with van der Waals surface area (Å²) in [7, 11) is 0. The van der Waals surface area contributed by atoms with Crippen molar-refractivity contribution in [3.05, 3.63) is 82.9 Å². The van der Waals surface area contributed by atoms with E-state index in [9.17, 15) is 9.90 Å². The van der Waals surface area contributed by atoms with Crippen molar-refractivity contribution in [3.8, 4) is 0 Å². The number of ketones is 1. The van der Waals surface area contributed by atoms with Crippen LogP contribution in [0.15, 0.2) is 60.7 Å². The molecule has 0 amide bonds. The van der Waals surface area contributed by atoms with E-state index in [1.165, 1.54) is 0 Å². The van der Waals surface area contributed by atoms with Crippen LogP contribution < -0.4 is 0 Å². The number of carbonyl (C=O) groups is 1. The van der Waals surface area contributed by atoms with Gasteiger partial charge in [-0.15, -0.1) is 6.58 Å². The summed E-state index contributed by atoms with van der Waals surface area (Å²) in [5.74, 6) is -0.0254. The van der Waals surface area contributed by atoms with E-state index >= 15 is 0 Å². The first-order valence-electron chi connectivity index (χ1n) is 6.64. The molecule has 100 valence electrons. The molecular weight excluding hydrogens is 248 g/mol. The average molecular weight is 264 g/mol. The van der Waals surface area contributed by atoms with Crippen LogP contribution in [0.25, 0.3) is 0 Å². The molecule has 0 aromatic heterocycles. The Balaban J connectivity index is 2.33. The van der Waals surface area contributed by atoms with Crippen LogP contribution in [-0.2, 0) is 5.60 Å². The van der Waals surface area contributed by atoms with Crippen molar-refractivity contribution in [2.75, 3.05) is 0 Å². The minimum absolute atomic E-state index is 0.0254. The Morgan fingerprint density at radius 1 is 1.05 bits per heavy atom. The smallest absolute Gasteiger partial charge is 0.193 e. The number of carbonyl (C=O) groups excluding carboxylic acids is 1. The van der Waals surface area contributed by atoms with E-state index < -0.39 is 5.60 Å². The maximum atomic E-state index is 12.5. The molecule has 2 heteroatoms. The molecule has 0 heterocycles. The summed E-state index contributed by atoms with van der Waals surface area (Å²) in [6.45, 7) is 5.80. The van der Waals surface area contributed by atoms with Crippen molar-refractivity contribution in [2.24, 2.45) is 0 Å². The SMILES string of the molecule is C=C(C)CC1(O)c2ccccc2C(=O)c2ccccc21. The molecule has 0 unspecified atom stereocenters. The maximum absolute atomic E-state index is 12.5. The third kappa shape index (κ3) is 1.73. The lowest BCUT2D eigenvalue weighted by Crippen LogP contribution is -2.35. The molecule has 0 saturated heterocycles. The Labute approximate surface area is 118 Å². The van der Waals surface area contributed by atoms with Crippen LogP contribution in [0.1, 0.15) is 40.4 Å². The van der Waals surface area contributed by atoms with Gasteiger partial charge in [0.1, 0.15) is 5.60 Å². The van der Waals surface area contributed by atoms with Gasteiger partial charge in [-0.1, -0.05) is 54.1 Å². The maximum Gasteiger partial charge on any atom is 0.193 e. The van der Waals surface area contributed by atoms with E-state index in [2.05, 4.69) is 6.58 Å². The van der Waals surface area contributed by atoms with Crippen LogP contribution in [0.2, 0.25) is 0 Å². The highest BCUT2D eigenvalue weighted by atomic mass is 16.3. The molecule has 0 atom stereocenters. The van der Waals surface area contributed by atoms with Gasteiger partial charge in [0.05, 0.1) is 0 Å². The zero-order valence-corrected chi connectivity index (χ0v) is 11.4. The predicted molar refractivity (Wildman–Crippen MR) is 78.7 cm³/mol. The second-order valence-electron chi connectivity index (χ2n) is 5.41. The fraction of sp³-hybridized carbons (Fsp3) is 0.167. The lowest BCUT2D eigenvalue weighted by molar-refractivity contribution is 0.0722. The minimum atomic E-state index is -1.17. The molecule has 20 heavy (non-hydrogen) atoms. The van der Waals surface area contributed by atoms with Crippen LogP contribution in [0.4, 0.5) is 0 Å². The monoisotopic (exact) mass is 264 g/mol. The molecule has 2 aromatic rings. The molecular formula is C18H16O2. The van der Waals surface area contributed by atoms with Crippen LogP contribution in [0.3, 0.4) is 0 Å². The third-order valence-corrected chi connectivity index (χ3v) is 3.79. The van der Waals surface area contributed by atoms with Crippen molar-refractivity contribution in [1.29, 1.82) is 0 Å². The zero-order chi connectivity index (χ0) is 14.3. The molecule has 1 aliphatic carbocycles.